The van der Waals surface area contributed by atoms with E-state index in [2.05, 4.69) is 0 Å². The Bertz CT molecular complexity index is 570. The number of ketones is 1. The summed E-state index contributed by atoms with van der Waals surface area (Å²) in [5.74, 6) is -1.87. The number of carbonyl (C=O) groups is 2. The van der Waals surface area contributed by atoms with Crippen LogP contribution in [0.2, 0.25) is 0 Å². The molecule has 2 aromatic rings. The Morgan fingerprint density at radius 1 is 1.21 bits per heavy atom. The lowest BCUT2D eigenvalue weighted by Gasteiger charge is -2.11. The molecule has 0 radical (unpaired) electrons. The van der Waals surface area contributed by atoms with Gasteiger partial charge in [0, 0.05) is 6.42 Å². The Hall–Kier alpha value is -1.94. The van der Waals surface area contributed by atoms with Crippen molar-refractivity contribution in [3.8, 4) is 0 Å². The van der Waals surface area contributed by atoms with Crippen molar-refractivity contribution in [2.24, 2.45) is 0 Å². The second-order valence-electron chi connectivity index (χ2n) is 4.41. The molecule has 0 aliphatic heterocycles. The normalized spacial score (nSPS) is 12.1. The van der Waals surface area contributed by atoms with Gasteiger partial charge in [-0.1, -0.05) is 35.9 Å². The van der Waals surface area contributed by atoms with Gasteiger partial charge in [0.05, 0.1) is 10.8 Å². The fraction of sp³-hybridized carbons (Fsp3) is 0.200. The molecule has 98 valence electrons. The lowest BCUT2D eigenvalue weighted by atomic mass is 9.93. The van der Waals surface area contributed by atoms with Crippen LogP contribution in [0.15, 0.2) is 41.8 Å². The van der Waals surface area contributed by atoms with Gasteiger partial charge in [-0.05, 0) is 23.9 Å². The standard InChI is InChI=1S/C15H14O3S/c1-10-4-6-11(7-5-10)12(15(17)18)9-13(16)14-3-2-8-19-14/h2-8,12H,9H2,1H3,(H,17,18). The number of aliphatic carboxylic acids is 1. The molecular formula is C15H14O3S. The smallest absolute Gasteiger partial charge is 0.311 e. The number of aryl methyl sites for hydroxylation is 1. The number of thiophene rings is 1. The molecule has 1 N–H and O–H groups in total. The molecule has 0 aliphatic rings. The minimum Gasteiger partial charge on any atom is -0.481 e. The van der Waals surface area contributed by atoms with E-state index in [0.29, 0.717) is 10.4 Å². The first-order chi connectivity index (χ1) is 9.08. The highest BCUT2D eigenvalue weighted by Gasteiger charge is 2.24. The minimum atomic E-state index is -0.964. The zero-order valence-corrected chi connectivity index (χ0v) is 11.3. The molecular weight excluding hydrogens is 260 g/mol. The zero-order chi connectivity index (χ0) is 13.8. The van der Waals surface area contributed by atoms with Crippen molar-refractivity contribution in [2.75, 3.05) is 0 Å². The first-order valence-electron chi connectivity index (χ1n) is 5.94. The van der Waals surface area contributed by atoms with Gasteiger partial charge < -0.3 is 5.11 Å². The predicted octanol–water partition coefficient (Wildman–Crippen LogP) is 3.50. The van der Waals surface area contributed by atoms with Crippen LogP contribution in [0.4, 0.5) is 0 Å². The number of Topliss-reactive ketones (excluding diaryl/α,β-unsaturated/α-hetero) is 1. The van der Waals surface area contributed by atoms with E-state index < -0.39 is 11.9 Å². The Morgan fingerprint density at radius 2 is 1.89 bits per heavy atom. The van der Waals surface area contributed by atoms with Crippen molar-refractivity contribution in [2.45, 2.75) is 19.3 Å². The highest BCUT2D eigenvalue weighted by atomic mass is 32.1. The Labute approximate surface area is 115 Å². The van der Waals surface area contributed by atoms with Gasteiger partial charge in [-0.25, -0.2) is 0 Å². The molecule has 0 aliphatic carbocycles. The van der Waals surface area contributed by atoms with E-state index in [9.17, 15) is 14.7 Å². The van der Waals surface area contributed by atoms with Crippen molar-refractivity contribution in [3.63, 3.8) is 0 Å². The van der Waals surface area contributed by atoms with Crippen molar-refractivity contribution in [1.29, 1.82) is 0 Å². The van der Waals surface area contributed by atoms with Crippen LogP contribution in [0.1, 0.15) is 33.1 Å². The summed E-state index contributed by atoms with van der Waals surface area (Å²) in [5.41, 5.74) is 1.74. The van der Waals surface area contributed by atoms with Crippen LogP contribution in [0, 0.1) is 6.92 Å². The van der Waals surface area contributed by atoms with Gasteiger partial charge in [0.25, 0.3) is 0 Å². The molecule has 2 rings (SSSR count). The maximum atomic E-state index is 12.0. The topological polar surface area (TPSA) is 54.4 Å². The Balaban J connectivity index is 2.19. The zero-order valence-electron chi connectivity index (χ0n) is 10.5. The number of hydrogen-bond donors (Lipinski definition) is 1. The number of carboxylic acid groups (broad SMARTS) is 1. The van der Waals surface area contributed by atoms with Crippen LogP contribution in [0.25, 0.3) is 0 Å². The molecule has 3 nitrogen and oxygen atoms in total. The molecule has 0 spiro atoms. The van der Waals surface area contributed by atoms with E-state index in [1.165, 1.54) is 11.3 Å². The molecule has 0 fully saturated rings. The second kappa shape index (κ2) is 5.80. The largest absolute Gasteiger partial charge is 0.481 e. The number of hydrogen-bond acceptors (Lipinski definition) is 3. The van der Waals surface area contributed by atoms with Crippen molar-refractivity contribution in [1.82, 2.24) is 0 Å². The summed E-state index contributed by atoms with van der Waals surface area (Å²) in [6.07, 6.45) is -0.00108. The molecule has 1 unspecified atom stereocenters. The molecule has 0 saturated heterocycles. The number of carbonyl (C=O) groups excluding carboxylic acids is 1. The monoisotopic (exact) mass is 274 g/mol. The average Bonchev–Trinajstić information content (AvgIpc) is 2.90. The van der Waals surface area contributed by atoms with Gasteiger partial charge in [-0.2, -0.15) is 0 Å². The molecule has 1 atom stereocenters. The van der Waals surface area contributed by atoms with Crippen LogP contribution in [-0.2, 0) is 4.79 Å². The van der Waals surface area contributed by atoms with E-state index >= 15 is 0 Å². The van der Waals surface area contributed by atoms with E-state index in [0.717, 1.165) is 5.56 Å². The van der Waals surface area contributed by atoms with Gasteiger partial charge >= 0.3 is 5.97 Å². The number of benzene rings is 1. The van der Waals surface area contributed by atoms with Crippen LogP contribution >= 0.6 is 11.3 Å². The summed E-state index contributed by atoms with van der Waals surface area (Å²) < 4.78 is 0. The summed E-state index contributed by atoms with van der Waals surface area (Å²) in [4.78, 5) is 24.0. The van der Waals surface area contributed by atoms with Gasteiger partial charge in [-0.15, -0.1) is 11.3 Å². The molecule has 0 bridgehead atoms. The first-order valence-corrected chi connectivity index (χ1v) is 6.82. The van der Waals surface area contributed by atoms with Crippen LogP contribution in [0.5, 0.6) is 0 Å². The average molecular weight is 274 g/mol. The van der Waals surface area contributed by atoms with Gasteiger partial charge in [0.2, 0.25) is 0 Å². The van der Waals surface area contributed by atoms with Gasteiger partial charge in [0.1, 0.15) is 0 Å². The van der Waals surface area contributed by atoms with Crippen LogP contribution in [0.3, 0.4) is 0 Å². The lowest BCUT2D eigenvalue weighted by molar-refractivity contribution is -0.138. The van der Waals surface area contributed by atoms with Gasteiger partial charge in [0.15, 0.2) is 5.78 Å². The molecule has 4 heteroatoms. The lowest BCUT2D eigenvalue weighted by Crippen LogP contribution is -2.15. The molecule has 1 aromatic carbocycles. The van der Waals surface area contributed by atoms with Crippen LogP contribution in [-0.4, -0.2) is 16.9 Å². The number of carboxylic acids is 1. The third-order valence-corrected chi connectivity index (χ3v) is 3.87. The Morgan fingerprint density at radius 3 is 2.42 bits per heavy atom. The first kappa shape index (κ1) is 13.5. The van der Waals surface area contributed by atoms with Gasteiger partial charge in [-0.3, -0.25) is 9.59 Å². The van der Waals surface area contributed by atoms with Crippen molar-refractivity contribution < 1.29 is 14.7 Å². The highest BCUT2D eigenvalue weighted by molar-refractivity contribution is 7.12. The minimum absolute atomic E-state index is 0.00108. The fourth-order valence-corrected chi connectivity index (χ4v) is 2.55. The van der Waals surface area contributed by atoms with E-state index in [-0.39, 0.29) is 12.2 Å². The second-order valence-corrected chi connectivity index (χ2v) is 5.35. The molecule has 1 heterocycles. The molecule has 1 aromatic heterocycles. The SMILES string of the molecule is Cc1ccc(C(CC(=O)c2cccs2)C(=O)O)cc1. The third kappa shape index (κ3) is 3.29. The van der Waals surface area contributed by atoms with Crippen LogP contribution < -0.4 is 0 Å². The summed E-state index contributed by atoms with van der Waals surface area (Å²) >= 11 is 1.34. The molecule has 19 heavy (non-hydrogen) atoms. The fourth-order valence-electron chi connectivity index (χ4n) is 1.87. The number of rotatable bonds is 5. The third-order valence-electron chi connectivity index (χ3n) is 2.96. The Kier molecular flexibility index (Phi) is 4.12. The van der Waals surface area contributed by atoms with Crippen molar-refractivity contribution >= 4 is 23.1 Å². The molecule has 0 amide bonds. The predicted molar refractivity (Wildman–Crippen MR) is 74.8 cm³/mol. The summed E-state index contributed by atoms with van der Waals surface area (Å²) in [6, 6.07) is 10.8. The summed E-state index contributed by atoms with van der Waals surface area (Å²) in [5, 5.41) is 11.1. The van der Waals surface area contributed by atoms with E-state index in [1.807, 2.05) is 24.4 Å². The summed E-state index contributed by atoms with van der Waals surface area (Å²) in [6.45, 7) is 1.94. The van der Waals surface area contributed by atoms with Crippen molar-refractivity contribution in [3.05, 3.63) is 57.8 Å². The van der Waals surface area contributed by atoms with E-state index in [1.54, 1.807) is 24.3 Å². The highest BCUT2D eigenvalue weighted by Crippen LogP contribution is 2.24. The maximum absolute atomic E-state index is 12.0. The van der Waals surface area contributed by atoms with E-state index in [4.69, 9.17) is 0 Å². The summed E-state index contributed by atoms with van der Waals surface area (Å²) in [7, 11) is 0. The maximum Gasteiger partial charge on any atom is 0.311 e. The molecule has 0 saturated carbocycles. The quantitative estimate of drug-likeness (QED) is 0.849.